The average molecular weight is 237 g/mol. The lowest BCUT2D eigenvalue weighted by Gasteiger charge is -2.01. The molecular formula is C16H15NO. The number of hydrogen-bond donors (Lipinski definition) is 0. The van der Waals surface area contributed by atoms with Crippen LogP contribution < -0.4 is 0 Å². The van der Waals surface area contributed by atoms with Crippen LogP contribution in [0.4, 0.5) is 0 Å². The lowest BCUT2D eigenvalue weighted by Crippen LogP contribution is -1.80. The van der Waals surface area contributed by atoms with Gasteiger partial charge >= 0.3 is 0 Å². The van der Waals surface area contributed by atoms with Gasteiger partial charge in [-0.25, -0.2) is 4.98 Å². The van der Waals surface area contributed by atoms with Gasteiger partial charge in [-0.2, -0.15) is 0 Å². The second-order valence-corrected chi connectivity index (χ2v) is 4.55. The third-order valence-electron chi connectivity index (χ3n) is 3.14. The lowest BCUT2D eigenvalue weighted by molar-refractivity contribution is 0.524. The number of aromatic nitrogens is 1. The Morgan fingerprint density at radius 3 is 2.67 bits per heavy atom. The summed E-state index contributed by atoms with van der Waals surface area (Å²) in [5.41, 5.74) is 2.30. The lowest BCUT2D eigenvalue weighted by atomic mass is 10.0. The van der Waals surface area contributed by atoms with Gasteiger partial charge in [-0.05, 0) is 29.8 Å². The standard InChI is InChI=1S/C16H15NO/c1-3-15-10-17-16(18-15)13-7-6-12-5-4-11(2)8-14(12)9-13/h4-10H,3H2,1-2H3. The van der Waals surface area contributed by atoms with E-state index in [9.17, 15) is 0 Å². The van der Waals surface area contributed by atoms with Crippen molar-refractivity contribution in [2.24, 2.45) is 0 Å². The molecule has 3 aromatic rings. The van der Waals surface area contributed by atoms with Crippen molar-refractivity contribution in [1.82, 2.24) is 4.98 Å². The Kier molecular flexibility index (Phi) is 2.63. The Labute approximate surface area is 106 Å². The van der Waals surface area contributed by atoms with E-state index in [0.29, 0.717) is 5.89 Å². The highest BCUT2D eigenvalue weighted by Gasteiger charge is 2.06. The van der Waals surface area contributed by atoms with E-state index in [1.165, 1.54) is 16.3 Å². The molecular weight excluding hydrogens is 222 g/mol. The SMILES string of the molecule is CCc1cnc(-c2ccc3ccc(C)cc3c2)o1. The van der Waals surface area contributed by atoms with Gasteiger partial charge in [0.05, 0.1) is 6.20 Å². The third kappa shape index (κ3) is 1.90. The zero-order chi connectivity index (χ0) is 12.5. The molecule has 0 saturated heterocycles. The van der Waals surface area contributed by atoms with E-state index in [1.807, 2.05) is 0 Å². The first-order valence-electron chi connectivity index (χ1n) is 6.22. The van der Waals surface area contributed by atoms with Crippen LogP contribution in [0.5, 0.6) is 0 Å². The van der Waals surface area contributed by atoms with Crippen molar-refractivity contribution in [3.63, 3.8) is 0 Å². The average Bonchev–Trinajstić information content (AvgIpc) is 2.86. The molecule has 2 aromatic carbocycles. The van der Waals surface area contributed by atoms with E-state index in [2.05, 4.69) is 55.2 Å². The largest absolute Gasteiger partial charge is 0.441 e. The minimum absolute atomic E-state index is 0.704. The van der Waals surface area contributed by atoms with Crippen LogP contribution in [0.2, 0.25) is 0 Å². The highest BCUT2D eigenvalue weighted by atomic mass is 16.4. The summed E-state index contributed by atoms with van der Waals surface area (Å²) < 4.78 is 5.69. The van der Waals surface area contributed by atoms with Crippen molar-refractivity contribution in [2.75, 3.05) is 0 Å². The van der Waals surface area contributed by atoms with E-state index >= 15 is 0 Å². The van der Waals surface area contributed by atoms with Crippen molar-refractivity contribution < 1.29 is 4.42 Å². The van der Waals surface area contributed by atoms with Crippen LogP contribution in [0, 0.1) is 6.92 Å². The van der Waals surface area contributed by atoms with E-state index in [0.717, 1.165) is 17.7 Å². The molecule has 0 saturated carbocycles. The number of aryl methyl sites for hydroxylation is 2. The summed E-state index contributed by atoms with van der Waals surface area (Å²) in [4.78, 5) is 4.32. The van der Waals surface area contributed by atoms with E-state index < -0.39 is 0 Å². The highest BCUT2D eigenvalue weighted by molar-refractivity contribution is 5.86. The van der Waals surface area contributed by atoms with Crippen molar-refractivity contribution in [1.29, 1.82) is 0 Å². The van der Waals surface area contributed by atoms with Gasteiger partial charge in [0.1, 0.15) is 5.76 Å². The molecule has 0 amide bonds. The first-order chi connectivity index (χ1) is 8.76. The molecule has 0 bridgehead atoms. The Bertz CT molecular complexity index is 697. The van der Waals surface area contributed by atoms with Crippen LogP contribution in [0.25, 0.3) is 22.2 Å². The zero-order valence-electron chi connectivity index (χ0n) is 10.6. The molecule has 1 aromatic heterocycles. The minimum Gasteiger partial charge on any atom is -0.441 e. The molecule has 0 aliphatic carbocycles. The normalized spacial score (nSPS) is 11.0. The van der Waals surface area contributed by atoms with Gasteiger partial charge < -0.3 is 4.42 Å². The van der Waals surface area contributed by atoms with E-state index in [-0.39, 0.29) is 0 Å². The van der Waals surface area contributed by atoms with Crippen molar-refractivity contribution in [3.05, 3.63) is 53.9 Å². The summed E-state index contributed by atoms with van der Waals surface area (Å²) >= 11 is 0. The molecule has 2 heteroatoms. The number of oxazole rings is 1. The Balaban J connectivity index is 2.12. The van der Waals surface area contributed by atoms with Crippen molar-refractivity contribution in [2.45, 2.75) is 20.3 Å². The first-order valence-corrected chi connectivity index (χ1v) is 6.22. The summed E-state index contributed by atoms with van der Waals surface area (Å²) in [7, 11) is 0. The molecule has 0 atom stereocenters. The monoisotopic (exact) mass is 237 g/mol. The van der Waals surface area contributed by atoms with Gasteiger partial charge in [-0.15, -0.1) is 0 Å². The Morgan fingerprint density at radius 2 is 1.89 bits per heavy atom. The smallest absolute Gasteiger partial charge is 0.226 e. The Morgan fingerprint density at radius 1 is 1.06 bits per heavy atom. The summed E-state index contributed by atoms with van der Waals surface area (Å²) in [5, 5.41) is 2.47. The number of benzene rings is 2. The molecule has 0 fully saturated rings. The summed E-state index contributed by atoms with van der Waals surface area (Å²) in [6.07, 6.45) is 2.68. The fourth-order valence-electron chi connectivity index (χ4n) is 2.10. The van der Waals surface area contributed by atoms with Gasteiger partial charge in [-0.1, -0.05) is 36.8 Å². The predicted molar refractivity (Wildman–Crippen MR) is 73.6 cm³/mol. The van der Waals surface area contributed by atoms with Gasteiger partial charge in [-0.3, -0.25) is 0 Å². The molecule has 0 radical (unpaired) electrons. The van der Waals surface area contributed by atoms with Gasteiger partial charge in [0, 0.05) is 12.0 Å². The van der Waals surface area contributed by atoms with Crippen LogP contribution in [-0.2, 0) is 6.42 Å². The van der Waals surface area contributed by atoms with Crippen LogP contribution in [0.1, 0.15) is 18.2 Å². The molecule has 2 nitrogen and oxygen atoms in total. The quantitative estimate of drug-likeness (QED) is 0.661. The first kappa shape index (κ1) is 11.0. The molecule has 18 heavy (non-hydrogen) atoms. The molecule has 0 unspecified atom stereocenters. The number of hydrogen-bond acceptors (Lipinski definition) is 2. The molecule has 0 spiro atoms. The van der Waals surface area contributed by atoms with Crippen molar-refractivity contribution >= 4 is 10.8 Å². The molecule has 0 N–H and O–H groups in total. The zero-order valence-corrected chi connectivity index (χ0v) is 10.6. The summed E-state index contributed by atoms with van der Waals surface area (Å²) in [6.45, 7) is 4.17. The maximum absolute atomic E-state index is 5.69. The van der Waals surface area contributed by atoms with Crippen LogP contribution in [0.3, 0.4) is 0 Å². The predicted octanol–water partition coefficient (Wildman–Crippen LogP) is 4.37. The second kappa shape index (κ2) is 4.30. The van der Waals surface area contributed by atoms with E-state index in [1.54, 1.807) is 6.20 Å². The van der Waals surface area contributed by atoms with Crippen LogP contribution in [0.15, 0.2) is 47.0 Å². The van der Waals surface area contributed by atoms with Gasteiger partial charge in [0.25, 0.3) is 0 Å². The maximum Gasteiger partial charge on any atom is 0.226 e. The van der Waals surface area contributed by atoms with Crippen LogP contribution in [-0.4, -0.2) is 4.98 Å². The number of fused-ring (bicyclic) bond motifs is 1. The summed E-state index contributed by atoms with van der Waals surface area (Å²) in [5.74, 6) is 1.63. The summed E-state index contributed by atoms with van der Waals surface area (Å²) in [6, 6.07) is 12.8. The number of nitrogens with zero attached hydrogens (tertiary/aromatic N) is 1. The fourth-order valence-corrected chi connectivity index (χ4v) is 2.10. The van der Waals surface area contributed by atoms with Gasteiger partial charge in [0.2, 0.25) is 5.89 Å². The fraction of sp³-hybridized carbons (Fsp3) is 0.188. The molecule has 0 aliphatic rings. The topological polar surface area (TPSA) is 26.0 Å². The minimum atomic E-state index is 0.704. The Hall–Kier alpha value is -2.09. The molecule has 1 heterocycles. The molecule has 0 aliphatic heterocycles. The third-order valence-corrected chi connectivity index (χ3v) is 3.14. The molecule has 3 rings (SSSR count). The number of rotatable bonds is 2. The van der Waals surface area contributed by atoms with Crippen molar-refractivity contribution in [3.8, 4) is 11.5 Å². The second-order valence-electron chi connectivity index (χ2n) is 4.55. The highest BCUT2D eigenvalue weighted by Crippen LogP contribution is 2.25. The maximum atomic E-state index is 5.69. The van der Waals surface area contributed by atoms with E-state index in [4.69, 9.17) is 4.42 Å². The van der Waals surface area contributed by atoms with Gasteiger partial charge in [0.15, 0.2) is 0 Å². The molecule has 90 valence electrons. The van der Waals surface area contributed by atoms with Crippen LogP contribution >= 0.6 is 0 Å².